The molecule has 0 aromatic carbocycles. The van der Waals surface area contributed by atoms with Crippen molar-refractivity contribution in [3.63, 3.8) is 0 Å². The Balaban J connectivity index is 2.50. The lowest BCUT2D eigenvalue weighted by Crippen LogP contribution is -1.94. The van der Waals surface area contributed by atoms with E-state index >= 15 is 0 Å². The van der Waals surface area contributed by atoms with E-state index in [0.717, 1.165) is 5.69 Å². The number of aromatic nitrogens is 1. The summed E-state index contributed by atoms with van der Waals surface area (Å²) in [5, 5.41) is 2.98. The van der Waals surface area contributed by atoms with Gasteiger partial charge in [-0.3, -0.25) is 0 Å². The molecule has 1 aromatic rings. The first-order valence-corrected chi connectivity index (χ1v) is 3.34. The van der Waals surface area contributed by atoms with E-state index in [1.165, 1.54) is 0 Å². The zero-order valence-electron chi connectivity index (χ0n) is 6.13. The molecule has 0 amide bonds. The van der Waals surface area contributed by atoms with Crippen LogP contribution in [0.5, 0.6) is 11.6 Å². The Morgan fingerprint density at radius 2 is 2.45 bits per heavy atom. The Kier molecular flexibility index (Phi) is 1.31. The van der Waals surface area contributed by atoms with Gasteiger partial charge in [0.15, 0.2) is 0 Å². The van der Waals surface area contributed by atoms with Crippen molar-refractivity contribution in [1.29, 1.82) is 0 Å². The van der Waals surface area contributed by atoms with Crippen molar-refractivity contribution in [2.24, 2.45) is 0 Å². The number of hydrogen-bond donors (Lipinski definition) is 1. The van der Waals surface area contributed by atoms with E-state index in [4.69, 9.17) is 9.47 Å². The quantitative estimate of drug-likeness (QED) is 0.648. The van der Waals surface area contributed by atoms with E-state index in [2.05, 4.69) is 10.3 Å². The molecule has 4 nitrogen and oxygen atoms in total. The summed E-state index contributed by atoms with van der Waals surface area (Å²) in [5.41, 5.74) is 0.910. The summed E-state index contributed by atoms with van der Waals surface area (Å²) < 4.78 is 10.2. The molecule has 1 aromatic heterocycles. The normalized spacial score (nSPS) is 13.2. The maximum absolute atomic E-state index is 5.17. The molecular formula is C7H8N2O2. The van der Waals surface area contributed by atoms with Crippen LogP contribution >= 0.6 is 0 Å². The van der Waals surface area contributed by atoms with Crippen molar-refractivity contribution in [3.05, 3.63) is 12.3 Å². The number of ether oxygens (including phenoxy) is 2. The molecule has 4 heteroatoms. The summed E-state index contributed by atoms with van der Waals surface area (Å²) >= 11 is 0. The lowest BCUT2D eigenvalue weighted by atomic mass is 10.4. The lowest BCUT2D eigenvalue weighted by molar-refractivity contribution is 0.171. The highest BCUT2D eigenvalue weighted by Gasteiger charge is 2.17. The standard InChI is InChI=1S/C7H8N2O2/c1-8-5-2-3-9-7-6(5)10-4-11-7/h2-3H,4H2,1H3,(H,8,9). The van der Waals surface area contributed by atoms with Crippen LogP contribution in [0.4, 0.5) is 5.69 Å². The van der Waals surface area contributed by atoms with Crippen LogP contribution < -0.4 is 14.8 Å². The molecule has 0 saturated carbocycles. The monoisotopic (exact) mass is 152 g/mol. The van der Waals surface area contributed by atoms with Gasteiger partial charge in [0.1, 0.15) is 0 Å². The number of pyridine rings is 1. The first-order valence-electron chi connectivity index (χ1n) is 3.34. The van der Waals surface area contributed by atoms with Crippen LogP contribution in [0.1, 0.15) is 0 Å². The number of fused-ring (bicyclic) bond motifs is 1. The third kappa shape index (κ3) is 0.869. The first-order chi connectivity index (χ1) is 5.42. The van der Waals surface area contributed by atoms with Crippen LogP contribution in [0.3, 0.4) is 0 Å². The molecule has 0 radical (unpaired) electrons. The van der Waals surface area contributed by atoms with Crippen LogP contribution in [-0.4, -0.2) is 18.8 Å². The Hall–Kier alpha value is -1.45. The Morgan fingerprint density at radius 3 is 3.27 bits per heavy atom. The van der Waals surface area contributed by atoms with E-state index in [1.54, 1.807) is 6.20 Å². The summed E-state index contributed by atoms with van der Waals surface area (Å²) in [4.78, 5) is 3.98. The van der Waals surface area contributed by atoms with Crippen molar-refractivity contribution in [3.8, 4) is 11.6 Å². The molecule has 1 N–H and O–H groups in total. The zero-order valence-corrected chi connectivity index (χ0v) is 6.13. The molecule has 0 saturated heterocycles. The van der Waals surface area contributed by atoms with Gasteiger partial charge < -0.3 is 14.8 Å². The number of hydrogen-bond acceptors (Lipinski definition) is 4. The fourth-order valence-corrected chi connectivity index (χ4v) is 1.01. The molecule has 0 atom stereocenters. The minimum Gasteiger partial charge on any atom is -0.450 e. The van der Waals surface area contributed by atoms with Gasteiger partial charge in [0.2, 0.25) is 12.5 Å². The maximum atomic E-state index is 5.17. The van der Waals surface area contributed by atoms with Gasteiger partial charge >= 0.3 is 0 Å². The van der Waals surface area contributed by atoms with Gasteiger partial charge in [-0.25, -0.2) is 4.98 Å². The molecule has 1 aliphatic rings. The molecule has 0 aliphatic carbocycles. The van der Waals surface area contributed by atoms with Crippen LogP contribution in [0.25, 0.3) is 0 Å². The molecular weight excluding hydrogens is 144 g/mol. The molecule has 58 valence electrons. The van der Waals surface area contributed by atoms with Crippen LogP contribution in [0, 0.1) is 0 Å². The van der Waals surface area contributed by atoms with E-state index in [9.17, 15) is 0 Å². The van der Waals surface area contributed by atoms with Crippen molar-refractivity contribution < 1.29 is 9.47 Å². The molecule has 0 fully saturated rings. The summed E-state index contributed by atoms with van der Waals surface area (Å²) in [6.45, 7) is 0.265. The van der Waals surface area contributed by atoms with Crippen LogP contribution in [-0.2, 0) is 0 Å². The average molecular weight is 152 g/mol. The third-order valence-corrected chi connectivity index (χ3v) is 1.54. The molecule has 1 aliphatic heterocycles. The minimum absolute atomic E-state index is 0.265. The van der Waals surface area contributed by atoms with E-state index < -0.39 is 0 Å². The second-order valence-electron chi connectivity index (χ2n) is 2.15. The zero-order chi connectivity index (χ0) is 7.68. The van der Waals surface area contributed by atoms with Crippen molar-refractivity contribution in [1.82, 2.24) is 4.98 Å². The molecule has 2 rings (SSSR count). The fraction of sp³-hybridized carbons (Fsp3) is 0.286. The molecule has 2 heterocycles. The SMILES string of the molecule is CNc1ccnc2c1OCO2. The van der Waals surface area contributed by atoms with Gasteiger partial charge in [-0.2, -0.15) is 0 Å². The number of nitrogens with one attached hydrogen (secondary N) is 1. The largest absolute Gasteiger partial charge is 0.450 e. The highest BCUT2D eigenvalue weighted by molar-refractivity contribution is 5.60. The minimum atomic E-state index is 0.265. The van der Waals surface area contributed by atoms with Crippen LogP contribution in [0.2, 0.25) is 0 Å². The van der Waals surface area contributed by atoms with E-state index in [-0.39, 0.29) is 6.79 Å². The number of nitrogens with zero attached hydrogens (tertiary/aromatic N) is 1. The number of rotatable bonds is 1. The van der Waals surface area contributed by atoms with Gasteiger partial charge in [-0.1, -0.05) is 0 Å². The smallest absolute Gasteiger partial charge is 0.262 e. The van der Waals surface area contributed by atoms with Gasteiger partial charge in [-0.05, 0) is 6.07 Å². The van der Waals surface area contributed by atoms with Gasteiger partial charge in [-0.15, -0.1) is 0 Å². The highest BCUT2D eigenvalue weighted by atomic mass is 16.7. The van der Waals surface area contributed by atoms with E-state index in [1.807, 2.05) is 13.1 Å². The predicted molar refractivity (Wildman–Crippen MR) is 39.9 cm³/mol. The summed E-state index contributed by atoms with van der Waals surface area (Å²) in [5.74, 6) is 1.27. The van der Waals surface area contributed by atoms with Gasteiger partial charge in [0.05, 0.1) is 5.69 Å². The summed E-state index contributed by atoms with van der Waals surface area (Å²) in [6, 6.07) is 1.84. The third-order valence-electron chi connectivity index (χ3n) is 1.54. The second kappa shape index (κ2) is 2.30. The number of anilines is 1. The Bertz CT molecular complexity index is 275. The maximum Gasteiger partial charge on any atom is 0.262 e. The first kappa shape index (κ1) is 6.27. The van der Waals surface area contributed by atoms with Crippen molar-refractivity contribution in [2.75, 3.05) is 19.2 Å². The fourth-order valence-electron chi connectivity index (χ4n) is 1.01. The van der Waals surface area contributed by atoms with Crippen LogP contribution in [0.15, 0.2) is 12.3 Å². The van der Waals surface area contributed by atoms with Crippen molar-refractivity contribution in [2.45, 2.75) is 0 Å². The van der Waals surface area contributed by atoms with Gasteiger partial charge in [0.25, 0.3) is 5.88 Å². The Morgan fingerprint density at radius 1 is 1.55 bits per heavy atom. The van der Waals surface area contributed by atoms with Crippen molar-refractivity contribution >= 4 is 5.69 Å². The van der Waals surface area contributed by atoms with Gasteiger partial charge in [0, 0.05) is 13.2 Å². The second-order valence-corrected chi connectivity index (χ2v) is 2.15. The molecule has 0 unspecified atom stereocenters. The van der Waals surface area contributed by atoms with E-state index in [0.29, 0.717) is 11.6 Å². The molecule has 0 bridgehead atoms. The lowest BCUT2D eigenvalue weighted by Gasteiger charge is -2.01. The molecule has 11 heavy (non-hydrogen) atoms. The average Bonchev–Trinajstić information content (AvgIpc) is 2.50. The highest BCUT2D eigenvalue weighted by Crippen LogP contribution is 2.36. The Labute approximate surface area is 64.2 Å². The summed E-state index contributed by atoms with van der Waals surface area (Å²) in [6.07, 6.45) is 1.68. The predicted octanol–water partition coefficient (Wildman–Crippen LogP) is 0.852. The topological polar surface area (TPSA) is 43.4 Å². The molecule has 0 spiro atoms. The summed E-state index contributed by atoms with van der Waals surface area (Å²) in [7, 11) is 1.83.